The minimum absolute atomic E-state index is 0.704. The summed E-state index contributed by atoms with van der Waals surface area (Å²) >= 11 is 0. The summed E-state index contributed by atoms with van der Waals surface area (Å²) in [7, 11) is 0. The molecule has 15 heavy (non-hydrogen) atoms. The number of hydrogen-bond donors (Lipinski definition) is 1. The summed E-state index contributed by atoms with van der Waals surface area (Å²) in [5, 5.41) is 3.72. The van der Waals surface area contributed by atoms with Gasteiger partial charge in [-0.2, -0.15) is 0 Å². The van der Waals surface area contributed by atoms with Gasteiger partial charge in [-0.3, -0.25) is 0 Å². The second-order valence-corrected chi connectivity index (χ2v) is 5.26. The summed E-state index contributed by atoms with van der Waals surface area (Å²) in [6.07, 6.45) is 3.90. The van der Waals surface area contributed by atoms with Gasteiger partial charge in [0.2, 0.25) is 0 Å². The van der Waals surface area contributed by atoms with E-state index in [1.807, 2.05) is 0 Å². The van der Waals surface area contributed by atoms with E-state index in [2.05, 4.69) is 36.5 Å². The van der Waals surface area contributed by atoms with E-state index in [1.54, 1.807) is 11.1 Å². The van der Waals surface area contributed by atoms with Crippen molar-refractivity contribution in [1.82, 2.24) is 5.32 Å². The van der Waals surface area contributed by atoms with Crippen LogP contribution < -0.4 is 5.32 Å². The monoisotopic (exact) mass is 201 g/mol. The highest BCUT2D eigenvalue weighted by molar-refractivity contribution is 5.33. The topological polar surface area (TPSA) is 12.0 Å². The maximum absolute atomic E-state index is 3.72. The van der Waals surface area contributed by atoms with E-state index in [4.69, 9.17) is 0 Å². The van der Waals surface area contributed by atoms with Gasteiger partial charge in [0, 0.05) is 6.04 Å². The minimum Gasteiger partial charge on any atom is -0.313 e. The van der Waals surface area contributed by atoms with E-state index in [1.165, 1.54) is 25.8 Å². The predicted octanol–water partition coefficient (Wildman–Crippen LogP) is 2.40. The highest BCUT2D eigenvalue weighted by atomic mass is 14.9. The van der Waals surface area contributed by atoms with Gasteiger partial charge < -0.3 is 5.32 Å². The highest BCUT2D eigenvalue weighted by Crippen LogP contribution is 2.37. The van der Waals surface area contributed by atoms with Crippen LogP contribution in [-0.2, 0) is 12.8 Å². The normalized spacial score (nSPS) is 29.1. The summed E-state index contributed by atoms with van der Waals surface area (Å²) in [5.41, 5.74) is 3.11. The smallest absolute Gasteiger partial charge is 0.0148 e. The van der Waals surface area contributed by atoms with E-state index in [0.29, 0.717) is 6.04 Å². The Morgan fingerprint density at radius 2 is 1.80 bits per heavy atom. The average Bonchev–Trinajstić information content (AvgIpc) is 2.79. The molecule has 0 radical (unpaired) electrons. The Balaban J connectivity index is 1.55. The molecule has 2 aliphatic rings. The van der Waals surface area contributed by atoms with Crippen LogP contribution in [0.15, 0.2) is 24.3 Å². The Labute approximate surface area is 91.9 Å². The molecule has 80 valence electrons. The molecule has 0 bridgehead atoms. The summed E-state index contributed by atoms with van der Waals surface area (Å²) in [6.45, 7) is 3.59. The molecule has 2 unspecified atom stereocenters. The van der Waals surface area contributed by atoms with Crippen molar-refractivity contribution in [1.29, 1.82) is 0 Å². The molecule has 0 heterocycles. The fourth-order valence-electron chi connectivity index (χ4n) is 2.70. The molecule has 1 fully saturated rings. The largest absolute Gasteiger partial charge is 0.313 e. The van der Waals surface area contributed by atoms with E-state index in [-0.39, 0.29) is 0 Å². The number of rotatable bonds is 3. The van der Waals surface area contributed by atoms with Crippen LogP contribution in [-0.4, -0.2) is 12.6 Å². The van der Waals surface area contributed by atoms with Gasteiger partial charge in [-0.15, -0.1) is 0 Å². The average molecular weight is 201 g/mol. The zero-order valence-corrected chi connectivity index (χ0v) is 9.37. The van der Waals surface area contributed by atoms with E-state index < -0.39 is 0 Å². The van der Waals surface area contributed by atoms with Crippen molar-refractivity contribution in [3.63, 3.8) is 0 Å². The van der Waals surface area contributed by atoms with Crippen molar-refractivity contribution < 1.29 is 0 Å². The molecule has 2 aliphatic carbocycles. The molecule has 0 amide bonds. The highest BCUT2D eigenvalue weighted by Gasteiger charge is 2.33. The molecule has 0 spiro atoms. The molecule has 1 aromatic rings. The summed E-state index contributed by atoms with van der Waals surface area (Å²) in [5.74, 6) is 1.94. The van der Waals surface area contributed by atoms with Gasteiger partial charge in [0.25, 0.3) is 0 Å². The number of fused-ring (bicyclic) bond motifs is 1. The van der Waals surface area contributed by atoms with Gasteiger partial charge in [0.15, 0.2) is 0 Å². The predicted molar refractivity (Wildman–Crippen MR) is 62.9 cm³/mol. The second-order valence-electron chi connectivity index (χ2n) is 5.26. The Bertz CT molecular complexity index is 333. The van der Waals surface area contributed by atoms with Crippen LogP contribution in [0.25, 0.3) is 0 Å². The van der Waals surface area contributed by atoms with Crippen molar-refractivity contribution in [2.24, 2.45) is 11.8 Å². The van der Waals surface area contributed by atoms with Gasteiger partial charge in [0.05, 0.1) is 0 Å². The molecule has 1 nitrogen and oxygen atoms in total. The first-order valence-electron chi connectivity index (χ1n) is 6.13. The molecular formula is C14H19N. The van der Waals surface area contributed by atoms with E-state index in [9.17, 15) is 0 Å². The third-order valence-corrected chi connectivity index (χ3v) is 4.00. The van der Waals surface area contributed by atoms with Crippen LogP contribution in [0, 0.1) is 11.8 Å². The molecule has 1 aromatic carbocycles. The quantitative estimate of drug-likeness (QED) is 0.792. The third-order valence-electron chi connectivity index (χ3n) is 4.00. The first-order chi connectivity index (χ1) is 7.33. The van der Waals surface area contributed by atoms with E-state index in [0.717, 1.165) is 11.8 Å². The first kappa shape index (κ1) is 9.41. The molecule has 0 aromatic heterocycles. The van der Waals surface area contributed by atoms with Gasteiger partial charge in [-0.1, -0.05) is 31.2 Å². The van der Waals surface area contributed by atoms with Crippen molar-refractivity contribution in [2.75, 3.05) is 6.54 Å². The van der Waals surface area contributed by atoms with Crippen LogP contribution in [0.2, 0.25) is 0 Å². The summed E-state index contributed by atoms with van der Waals surface area (Å²) < 4.78 is 0. The molecule has 0 aliphatic heterocycles. The summed E-state index contributed by atoms with van der Waals surface area (Å²) in [4.78, 5) is 0. The zero-order valence-electron chi connectivity index (χ0n) is 9.37. The molecule has 1 N–H and O–H groups in total. The van der Waals surface area contributed by atoms with Crippen molar-refractivity contribution in [2.45, 2.75) is 32.2 Å². The van der Waals surface area contributed by atoms with Gasteiger partial charge in [0.1, 0.15) is 0 Å². The molecule has 1 saturated carbocycles. The van der Waals surface area contributed by atoms with Crippen LogP contribution in [0.3, 0.4) is 0 Å². The number of nitrogens with one attached hydrogen (secondary N) is 1. The van der Waals surface area contributed by atoms with Crippen LogP contribution in [0.5, 0.6) is 0 Å². The van der Waals surface area contributed by atoms with E-state index >= 15 is 0 Å². The lowest BCUT2D eigenvalue weighted by Crippen LogP contribution is -2.31. The molecule has 3 rings (SSSR count). The summed E-state index contributed by atoms with van der Waals surface area (Å²) in [6, 6.07) is 9.57. The fourth-order valence-corrected chi connectivity index (χ4v) is 2.70. The Morgan fingerprint density at radius 1 is 1.20 bits per heavy atom. The SMILES string of the molecule is CC1CC1CNC1Cc2ccccc2C1. The van der Waals surface area contributed by atoms with Crippen molar-refractivity contribution >= 4 is 0 Å². The maximum atomic E-state index is 3.72. The number of benzene rings is 1. The fraction of sp³-hybridized carbons (Fsp3) is 0.571. The number of hydrogen-bond acceptors (Lipinski definition) is 1. The van der Waals surface area contributed by atoms with Crippen LogP contribution >= 0.6 is 0 Å². The zero-order chi connectivity index (χ0) is 10.3. The van der Waals surface area contributed by atoms with Crippen molar-refractivity contribution in [3.05, 3.63) is 35.4 Å². The first-order valence-corrected chi connectivity index (χ1v) is 6.13. The molecule has 1 heteroatoms. The lowest BCUT2D eigenvalue weighted by Gasteiger charge is -2.11. The lowest BCUT2D eigenvalue weighted by molar-refractivity contribution is 0.505. The maximum Gasteiger partial charge on any atom is 0.0148 e. The van der Waals surface area contributed by atoms with Gasteiger partial charge >= 0.3 is 0 Å². The van der Waals surface area contributed by atoms with Gasteiger partial charge in [-0.25, -0.2) is 0 Å². The van der Waals surface area contributed by atoms with Crippen molar-refractivity contribution in [3.8, 4) is 0 Å². The lowest BCUT2D eigenvalue weighted by atomic mass is 10.1. The third kappa shape index (κ3) is 1.93. The minimum atomic E-state index is 0.704. The Morgan fingerprint density at radius 3 is 2.33 bits per heavy atom. The Hall–Kier alpha value is -0.820. The van der Waals surface area contributed by atoms with Gasteiger partial charge in [-0.05, 0) is 48.8 Å². The van der Waals surface area contributed by atoms with Crippen LogP contribution in [0.4, 0.5) is 0 Å². The molecule has 0 saturated heterocycles. The van der Waals surface area contributed by atoms with Crippen LogP contribution in [0.1, 0.15) is 24.5 Å². The Kier molecular flexibility index (Phi) is 2.28. The second kappa shape index (κ2) is 3.64. The molecular weight excluding hydrogens is 182 g/mol. The molecule has 2 atom stereocenters. The standard InChI is InChI=1S/C14H19N/c1-10-6-13(10)9-15-14-7-11-4-2-3-5-12(11)8-14/h2-5,10,13-15H,6-9H2,1H3.